The van der Waals surface area contributed by atoms with Crippen molar-refractivity contribution in [1.82, 2.24) is 0 Å². The van der Waals surface area contributed by atoms with Crippen molar-refractivity contribution in [3.8, 4) is 0 Å². The lowest BCUT2D eigenvalue weighted by Gasteiger charge is -2.08. The molecule has 19 heavy (non-hydrogen) atoms. The van der Waals surface area contributed by atoms with Crippen LogP contribution in [0.25, 0.3) is 0 Å². The molecule has 0 saturated carbocycles. The van der Waals surface area contributed by atoms with E-state index in [1.807, 2.05) is 24.3 Å². The molecule has 0 heterocycles. The fourth-order valence-electron chi connectivity index (χ4n) is 1.63. The number of hydrogen-bond acceptors (Lipinski definition) is 2. The van der Waals surface area contributed by atoms with Crippen LogP contribution in [0.1, 0.15) is 5.56 Å². The second-order valence-electron chi connectivity index (χ2n) is 4.08. The van der Waals surface area contributed by atoms with Gasteiger partial charge in [0.1, 0.15) is 0 Å². The molecule has 1 amide bonds. The Morgan fingerprint density at radius 1 is 1.21 bits per heavy atom. The summed E-state index contributed by atoms with van der Waals surface area (Å²) in [6, 6.07) is 12.6. The number of nitrogens with one attached hydrogen (secondary N) is 1. The molecule has 2 aromatic rings. The molecule has 0 aliphatic rings. The smallest absolute Gasteiger partial charge is 0.228 e. The molecule has 0 radical (unpaired) electrons. The lowest BCUT2D eigenvalue weighted by Crippen LogP contribution is -2.15. The number of carbonyl (C=O) groups excluding carboxylic acids is 1. The molecule has 5 heteroatoms. The first-order valence-electron chi connectivity index (χ1n) is 5.64. The van der Waals surface area contributed by atoms with Crippen LogP contribution in [0.2, 0.25) is 5.02 Å². The van der Waals surface area contributed by atoms with Gasteiger partial charge < -0.3 is 11.1 Å². The summed E-state index contributed by atoms with van der Waals surface area (Å²) >= 11 is 9.15. The summed E-state index contributed by atoms with van der Waals surface area (Å²) in [7, 11) is 0. The standard InChI is InChI=1S/C14H12BrClN2O/c15-10-3-1-9(2-4-10)7-14(19)18-13-6-5-11(16)8-12(13)17/h1-6,8H,7,17H2,(H,18,19). The van der Waals surface area contributed by atoms with Crippen molar-refractivity contribution in [2.75, 3.05) is 11.1 Å². The van der Waals surface area contributed by atoms with Gasteiger partial charge in [-0.05, 0) is 35.9 Å². The van der Waals surface area contributed by atoms with Crippen LogP contribution < -0.4 is 11.1 Å². The van der Waals surface area contributed by atoms with Gasteiger partial charge in [-0.2, -0.15) is 0 Å². The van der Waals surface area contributed by atoms with Gasteiger partial charge in [0.25, 0.3) is 0 Å². The van der Waals surface area contributed by atoms with E-state index < -0.39 is 0 Å². The third kappa shape index (κ3) is 3.98. The van der Waals surface area contributed by atoms with Crippen LogP contribution in [0.15, 0.2) is 46.9 Å². The number of nitrogens with two attached hydrogens (primary N) is 1. The molecule has 0 fully saturated rings. The first kappa shape index (κ1) is 13.9. The number of benzene rings is 2. The van der Waals surface area contributed by atoms with Crippen molar-refractivity contribution in [3.63, 3.8) is 0 Å². The minimum absolute atomic E-state index is 0.114. The van der Waals surface area contributed by atoms with Gasteiger partial charge in [0.2, 0.25) is 5.91 Å². The Balaban J connectivity index is 2.03. The fourth-order valence-corrected chi connectivity index (χ4v) is 2.07. The molecule has 3 N–H and O–H groups in total. The summed E-state index contributed by atoms with van der Waals surface area (Å²) in [5, 5.41) is 3.31. The third-order valence-electron chi connectivity index (χ3n) is 2.57. The van der Waals surface area contributed by atoms with Crippen LogP contribution in [0, 0.1) is 0 Å². The molecule has 0 spiro atoms. The minimum Gasteiger partial charge on any atom is -0.397 e. The second-order valence-corrected chi connectivity index (χ2v) is 5.44. The first-order valence-corrected chi connectivity index (χ1v) is 6.81. The highest BCUT2D eigenvalue weighted by atomic mass is 79.9. The van der Waals surface area contributed by atoms with Crippen molar-refractivity contribution < 1.29 is 4.79 Å². The minimum atomic E-state index is -0.114. The van der Waals surface area contributed by atoms with Crippen LogP contribution in [-0.4, -0.2) is 5.91 Å². The molecule has 0 atom stereocenters. The number of carbonyl (C=O) groups is 1. The van der Waals surface area contributed by atoms with E-state index in [2.05, 4.69) is 21.2 Å². The molecule has 0 saturated heterocycles. The number of amides is 1. The molecule has 3 nitrogen and oxygen atoms in total. The Bertz CT molecular complexity index is 599. The van der Waals surface area contributed by atoms with Crippen LogP contribution >= 0.6 is 27.5 Å². The number of halogens is 2. The largest absolute Gasteiger partial charge is 0.397 e. The third-order valence-corrected chi connectivity index (χ3v) is 3.33. The van der Waals surface area contributed by atoms with Crippen LogP contribution in [0.4, 0.5) is 11.4 Å². The van der Waals surface area contributed by atoms with Gasteiger partial charge in [-0.25, -0.2) is 0 Å². The molecule has 0 aliphatic heterocycles. The summed E-state index contributed by atoms with van der Waals surface area (Å²) in [6.45, 7) is 0. The van der Waals surface area contributed by atoms with E-state index in [4.69, 9.17) is 17.3 Å². The van der Waals surface area contributed by atoms with Crippen molar-refractivity contribution in [3.05, 3.63) is 57.5 Å². The van der Waals surface area contributed by atoms with E-state index in [-0.39, 0.29) is 5.91 Å². The van der Waals surface area contributed by atoms with E-state index in [9.17, 15) is 4.79 Å². The van der Waals surface area contributed by atoms with Gasteiger partial charge in [0, 0.05) is 9.50 Å². The SMILES string of the molecule is Nc1cc(Cl)ccc1NC(=O)Cc1ccc(Br)cc1. The average Bonchev–Trinajstić information content (AvgIpc) is 2.36. The summed E-state index contributed by atoms with van der Waals surface area (Å²) in [6.07, 6.45) is 0.301. The predicted octanol–water partition coefficient (Wildman–Crippen LogP) is 3.87. The summed E-state index contributed by atoms with van der Waals surface area (Å²) in [5.41, 5.74) is 7.75. The Morgan fingerprint density at radius 2 is 1.89 bits per heavy atom. The Hall–Kier alpha value is -1.52. The monoisotopic (exact) mass is 338 g/mol. The molecule has 98 valence electrons. The molecule has 0 bridgehead atoms. The van der Waals surface area contributed by atoms with Gasteiger partial charge >= 0.3 is 0 Å². The van der Waals surface area contributed by atoms with Crippen molar-refractivity contribution >= 4 is 44.8 Å². The molecular formula is C14H12BrClN2O. The van der Waals surface area contributed by atoms with E-state index in [0.29, 0.717) is 22.8 Å². The highest BCUT2D eigenvalue weighted by molar-refractivity contribution is 9.10. The predicted molar refractivity (Wildman–Crippen MR) is 82.3 cm³/mol. The lowest BCUT2D eigenvalue weighted by molar-refractivity contribution is -0.115. The van der Waals surface area contributed by atoms with Crippen molar-refractivity contribution in [2.24, 2.45) is 0 Å². The molecule has 2 rings (SSSR count). The van der Waals surface area contributed by atoms with Crippen LogP contribution in [0.3, 0.4) is 0 Å². The Morgan fingerprint density at radius 3 is 2.53 bits per heavy atom. The molecule has 0 unspecified atom stereocenters. The summed E-state index contributed by atoms with van der Waals surface area (Å²) in [4.78, 5) is 11.9. The number of rotatable bonds is 3. The normalized spacial score (nSPS) is 10.2. The highest BCUT2D eigenvalue weighted by Crippen LogP contribution is 2.22. The molecule has 0 aliphatic carbocycles. The number of anilines is 2. The first-order chi connectivity index (χ1) is 9.04. The van der Waals surface area contributed by atoms with E-state index >= 15 is 0 Å². The van der Waals surface area contributed by atoms with Crippen molar-refractivity contribution in [2.45, 2.75) is 6.42 Å². The molecular weight excluding hydrogens is 328 g/mol. The highest BCUT2D eigenvalue weighted by Gasteiger charge is 2.06. The van der Waals surface area contributed by atoms with Gasteiger partial charge in [0.15, 0.2) is 0 Å². The Kier molecular flexibility index (Phi) is 4.45. The van der Waals surface area contributed by atoms with E-state index in [1.165, 1.54) is 0 Å². The zero-order chi connectivity index (χ0) is 13.8. The topological polar surface area (TPSA) is 55.1 Å². The molecule has 2 aromatic carbocycles. The molecule has 0 aromatic heterocycles. The van der Waals surface area contributed by atoms with E-state index in [0.717, 1.165) is 10.0 Å². The van der Waals surface area contributed by atoms with Crippen LogP contribution in [0.5, 0.6) is 0 Å². The quantitative estimate of drug-likeness (QED) is 0.834. The van der Waals surface area contributed by atoms with Gasteiger partial charge in [-0.3, -0.25) is 4.79 Å². The Labute approximate surface area is 124 Å². The number of hydrogen-bond donors (Lipinski definition) is 2. The average molecular weight is 340 g/mol. The van der Waals surface area contributed by atoms with Gasteiger partial charge in [0.05, 0.1) is 17.8 Å². The van der Waals surface area contributed by atoms with E-state index in [1.54, 1.807) is 18.2 Å². The van der Waals surface area contributed by atoms with Crippen molar-refractivity contribution in [1.29, 1.82) is 0 Å². The maximum Gasteiger partial charge on any atom is 0.228 e. The zero-order valence-corrected chi connectivity index (χ0v) is 12.3. The lowest BCUT2D eigenvalue weighted by atomic mass is 10.1. The fraction of sp³-hybridized carbons (Fsp3) is 0.0714. The summed E-state index contributed by atoms with van der Waals surface area (Å²) < 4.78 is 0.985. The number of nitrogen functional groups attached to an aromatic ring is 1. The maximum absolute atomic E-state index is 11.9. The van der Waals surface area contributed by atoms with Gasteiger partial charge in [-0.1, -0.05) is 39.7 Å². The zero-order valence-electron chi connectivity index (χ0n) is 9.99. The van der Waals surface area contributed by atoms with Gasteiger partial charge in [-0.15, -0.1) is 0 Å². The van der Waals surface area contributed by atoms with Crippen LogP contribution in [-0.2, 0) is 11.2 Å². The maximum atomic E-state index is 11.9. The summed E-state index contributed by atoms with van der Waals surface area (Å²) in [5.74, 6) is -0.114. The second kappa shape index (κ2) is 6.08.